The number of aromatic nitrogens is 3. The Morgan fingerprint density at radius 1 is 1.12 bits per heavy atom. The summed E-state index contributed by atoms with van der Waals surface area (Å²) >= 11 is 0. The van der Waals surface area contributed by atoms with Crippen LogP contribution in [0.2, 0.25) is 0 Å². The van der Waals surface area contributed by atoms with E-state index in [0.717, 1.165) is 44.4 Å². The number of rotatable bonds is 3. The van der Waals surface area contributed by atoms with E-state index in [9.17, 15) is 9.90 Å². The van der Waals surface area contributed by atoms with Gasteiger partial charge in [-0.05, 0) is 86.9 Å². The van der Waals surface area contributed by atoms with Crippen LogP contribution in [0.15, 0.2) is 24.0 Å². The van der Waals surface area contributed by atoms with Crippen molar-refractivity contribution in [1.82, 2.24) is 15.0 Å². The predicted octanol–water partition coefficient (Wildman–Crippen LogP) is 4.18. The van der Waals surface area contributed by atoms with Gasteiger partial charge >= 0.3 is 0 Å². The molecule has 0 aliphatic heterocycles. The smallest absolute Gasteiger partial charge is 0.159 e. The first-order valence-corrected chi connectivity index (χ1v) is 12.8. The molecule has 0 amide bonds. The highest BCUT2D eigenvalue weighted by molar-refractivity contribution is 5.82. The SMILES string of the molecule is C[C@]12CC[C@H]3[C@@H](CC=C4C[C@@](O)(C#CC5CC5)CC[C@@H]43)[C@@H]1CC[C@@H]2C(=O)Cn1nccn1. The first kappa shape index (κ1) is 20.7. The fourth-order valence-electron chi connectivity index (χ4n) is 7.97. The molecule has 1 heterocycles. The van der Waals surface area contributed by atoms with E-state index in [-0.39, 0.29) is 11.3 Å². The molecule has 5 aliphatic rings. The minimum absolute atomic E-state index is 0.113. The summed E-state index contributed by atoms with van der Waals surface area (Å²) in [5.41, 5.74) is 0.790. The zero-order chi connectivity index (χ0) is 21.9. The van der Waals surface area contributed by atoms with Crippen molar-refractivity contribution in [3.8, 4) is 11.8 Å². The number of nitrogens with zero attached hydrogens (tertiary/aromatic N) is 3. The number of hydrogen-bond acceptors (Lipinski definition) is 4. The molecule has 0 bridgehead atoms. The Bertz CT molecular complexity index is 984. The van der Waals surface area contributed by atoms with Crippen molar-refractivity contribution < 1.29 is 9.90 Å². The summed E-state index contributed by atoms with van der Waals surface area (Å²) in [5, 5.41) is 19.4. The Morgan fingerprint density at radius 2 is 1.94 bits per heavy atom. The summed E-state index contributed by atoms with van der Waals surface area (Å²) in [6.07, 6.45) is 16.5. The molecular weight excluding hydrogens is 398 g/mol. The second-order valence-electron chi connectivity index (χ2n) is 11.5. The summed E-state index contributed by atoms with van der Waals surface area (Å²) in [6.45, 7) is 2.70. The van der Waals surface area contributed by atoms with Crippen molar-refractivity contribution in [2.45, 2.75) is 83.3 Å². The molecule has 5 aliphatic carbocycles. The van der Waals surface area contributed by atoms with Gasteiger partial charge in [-0.1, -0.05) is 30.4 Å². The van der Waals surface area contributed by atoms with Gasteiger partial charge in [0.1, 0.15) is 12.1 Å². The lowest BCUT2D eigenvalue weighted by atomic mass is 9.51. The molecule has 1 aromatic heterocycles. The summed E-state index contributed by atoms with van der Waals surface area (Å²) in [6, 6.07) is 0. The molecule has 32 heavy (non-hydrogen) atoms. The number of carbonyl (C=O) groups is 1. The van der Waals surface area contributed by atoms with Gasteiger partial charge in [-0.15, -0.1) is 0 Å². The highest BCUT2D eigenvalue weighted by Gasteiger charge is 2.57. The molecule has 6 rings (SSSR count). The van der Waals surface area contributed by atoms with Crippen molar-refractivity contribution in [3.63, 3.8) is 0 Å². The molecule has 0 radical (unpaired) electrons. The molecule has 1 N–H and O–H groups in total. The Labute approximate surface area is 191 Å². The Morgan fingerprint density at radius 3 is 2.72 bits per heavy atom. The lowest BCUT2D eigenvalue weighted by molar-refractivity contribution is -0.130. The predicted molar refractivity (Wildman–Crippen MR) is 121 cm³/mol. The maximum Gasteiger partial charge on any atom is 0.159 e. The summed E-state index contributed by atoms with van der Waals surface area (Å²) in [5.74, 6) is 10.2. The van der Waals surface area contributed by atoms with Gasteiger partial charge < -0.3 is 5.11 Å². The molecule has 4 saturated carbocycles. The van der Waals surface area contributed by atoms with Gasteiger partial charge in [-0.2, -0.15) is 15.0 Å². The molecule has 0 aromatic carbocycles. The summed E-state index contributed by atoms with van der Waals surface area (Å²) < 4.78 is 0. The zero-order valence-corrected chi connectivity index (χ0v) is 19.2. The van der Waals surface area contributed by atoms with E-state index < -0.39 is 5.60 Å². The molecule has 5 heteroatoms. The molecule has 0 unspecified atom stereocenters. The Kier molecular flexibility index (Phi) is 4.88. The number of Topliss-reactive ketones (excluding diaryl/α,β-unsaturated/α-hetero) is 1. The van der Waals surface area contributed by atoms with E-state index in [4.69, 9.17) is 0 Å². The van der Waals surface area contributed by atoms with Gasteiger partial charge in [0, 0.05) is 18.3 Å². The van der Waals surface area contributed by atoms with Crippen LogP contribution in [0.4, 0.5) is 0 Å². The second-order valence-corrected chi connectivity index (χ2v) is 11.5. The molecule has 7 atom stereocenters. The zero-order valence-electron chi connectivity index (χ0n) is 19.2. The van der Waals surface area contributed by atoms with Crippen LogP contribution in [-0.2, 0) is 11.3 Å². The minimum atomic E-state index is -0.799. The number of allylic oxidation sites excluding steroid dienone is 1. The standard InChI is InChI=1S/C27H35N3O2/c1-26-11-9-21-20-10-13-27(32,12-8-18-2-3-18)16-19(20)4-5-22(21)23(26)6-7-24(26)25(31)17-30-28-14-15-29-30/h4,14-15,18,20-24,32H,2-3,5-7,9-11,13,16-17H2,1H3/t20-,21+,22+,23-,24+,26-,27+/m0/s1. The van der Waals surface area contributed by atoms with E-state index in [2.05, 4.69) is 35.0 Å². The molecule has 0 spiro atoms. The highest BCUT2D eigenvalue weighted by Crippen LogP contribution is 2.63. The lowest BCUT2D eigenvalue weighted by Crippen LogP contribution is -2.48. The third-order valence-corrected chi connectivity index (χ3v) is 9.74. The van der Waals surface area contributed by atoms with E-state index in [1.807, 2.05) is 0 Å². The van der Waals surface area contributed by atoms with Crippen molar-refractivity contribution in [2.24, 2.45) is 40.9 Å². The highest BCUT2D eigenvalue weighted by atomic mass is 16.3. The minimum Gasteiger partial charge on any atom is -0.377 e. The van der Waals surface area contributed by atoms with Gasteiger partial charge in [0.2, 0.25) is 0 Å². The van der Waals surface area contributed by atoms with Gasteiger partial charge in [0.05, 0.1) is 12.4 Å². The average molecular weight is 434 g/mol. The van der Waals surface area contributed by atoms with Crippen molar-refractivity contribution in [2.75, 3.05) is 0 Å². The van der Waals surface area contributed by atoms with E-state index in [0.29, 0.717) is 36.0 Å². The molecule has 1 aromatic rings. The Balaban J connectivity index is 1.18. The summed E-state index contributed by atoms with van der Waals surface area (Å²) in [7, 11) is 0. The average Bonchev–Trinajstić information content (AvgIpc) is 3.34. The fourth-order valence-corrected chi connectivity index (χ4v) is 7.97. The quantitative estimate of drug-likeness (QED) is 0.574. The van der Waals surface area contributed by atoms with Crippen molar-refractivity contribution >= 4 is 5.78 Å². The number of fused-ring (bicyclic) bond motifs is 5. The first-order valence-electron chi connectivity index (χ1n) is 12.8. The fraction of sp³-hybridized carbons (Fsp3) is 0.741. The van der Waals surface area contributed by atoms with E-state index in [1.54, 1.807) is 12.4 Å². The van der Waals surface area contributed by atoms with Crippen LogP contribution in [0.1, 0.15) is 71.1 Å². The maximum absolute atomic E-state index is 13.2. The van der Waals surface area contributed by atoms with Crippen LogP contribution in [0.5, 0.6) is 0 Å². The number of ketones is 1. The third kappa shape index (κ3) is 3.46. The van der Waals surface area contributed by atoms with Crippen LogP contribution >= 0.6 is 0 Å². The van der Waals surface area contributed by atoms with Gasteiger partial charge in [0.15, 0.2) is 5.78 Å². The Hall–Kier alpha value is -1.93. The number of aliphatic hydroxyl groups is 1. The largest absolute Gasteiger partial charge is 0.377 e. The van der Waals surface area contributed by atoms with Gasteiger partial charge in [-0.3, -0.25) is 4.79 Å². The van der Waals surface area contributed by atoms with E-state index in [1.165, 1.54) is 36.1 Å². The number of hydrogen-bond donors (Lipinski definition) is 1. The second kappa shape index (κ2) is 7.55. The third-order valence-electron chi connectivity index (χ3n) is 9.74. The van der Waals surface area contributed by atoms with Gasteiger partial charge in [0.25, 0.3) is 0 Å². The van der Waals surface area contributed by atoms with Crippen LogP contribution in [0.3, 0.4) is 0 Å². The number of carbonyl (C=O) groups excluding carboxylic acids is 1. The first-order chi connectivity index (χ1) is 15.5. The topological polar surface area (TPSA) is 68.0 Å². The van der Waals surface area contributed by atoms with E-state index >= 15 is 0 Å². The molecule has 170 valence electrons. The molecule has 0 saturated heterocycles. The molecule has 4 fully saturated rings. The molecule has 5 nitrogen and oxygen atoms in total. The van der Waals surface area contributed by atoms with Gasteiger partial charge in [-0.25, -0.2) is 0 Å². The van der Waals surface area contributed by atoms with Crippen molar-refractivity contribution in [1.29, 1.82) is 0 Å². The summed E-state index contributed by atoms with van der Waals surface area (Å²) in [4.78, 5) is 14.7. The maximum atomic E-state index is 13.2. The lowest BCUT2D eigenvalue weighted by Gasteiger charge is -2.54. The normalized spacial score (nSPS) is 42.7. The van der Waals surface area contributed by atoms with Crippen LogP contribution in [0, 0.1) is 52.8 Å². The van der Waals surface area contributed by atoms with Crippen molar-refractivity contribution in [3.05, 3.63) is 24.0 Å². The molecular formula is C27H35N3O2. The van der Waals surface area contributed by atoms with Crippen LogP contribution in [0.25, 0.3) is 0 Å². The van der Waals surface area contributed by atoms with Crippen LogP contribution < -0.4 is 0 Å². The van der Waals surface area contributed by atoms with Crippen LogP contribution in [-0.4, -0.2) is 31.5 Å². The monoisotopic (exact) mass is 433 g/mol.